The molecule has 8 heteroatoms. The van der Waals surface area contributed by atoms with E-state index < -0.39 is 0 Å². The van der Waals surface area contributed by atoms with E-state index in [0.29, 0.717) is 30.3 Å². The summed E-state index contributed by atoms with van der Waals surface area (Å²) >= 11 is 5.27. The molecule has 2 amide bonds. The zero-order valence-corrected chi connectivity index (χ0v) is 18.1. The molecule has 7 nitrogen and oxygen atoms in total. The third kappa shape index (κ3) is 9.00. The molecule has 0 aliphatic carbocycles. The average molecular weight is 428 g/mol. The van der Waals surface area contributed by atoms with Gasteiger partial charge in [0.05, 0.1) is 12.2 Å². The van der Waals surface area contributed by atoms with E-state index in [0.717, 1.165) is 37.1 Å². The van der Waals surface area contributed by atoms with Gasteiger partial charge in [-0.1, -0.05) is 42.8 Å². The van der Waals surface area contributed by atoms with Gasteiger partial charge in [0.15, 0.2) is 5.11 Å². The smallest absolute Gasteiger partial charge is 0.269 e. The van der Waals surface area contributed by atoms with Gasteiger partial charge in [-0.25, -0.2) is 4.98 Å². The number of nitrogens with one attached hydrogen (secondary N) is 4. The number of hydrogen-bond donors (Lipinski definition) is 4. The second kappa shape index (κ2) is 13.3. The molecule has 160 valence electrons. The van der Waals surface area contributed by atoms with Crippen molar-refractivity contribution in [2.24, 2.45) is 0 Å². The first-order valence-corrected chi connectivity index (χ1v) is 10.5. The molecule has 0 saturated heterocycles. The highest BCUT2D eigenvalue weighted by Crippen LogP contribution is 2.02. The molecule has 0 saturated carbocycles. The highest BCUT2D eigenvalue weighted by molar-refractivity contribution is 7.80. The summed E-state index contributed by atoms with van der Waals surface area (Å²) in [6, 6.07) is 15.2. The highest BCUT2D eigenvalue weighted by atomic mass is 32.1. The van der Waals surface area contributed by atoms with Crippen LogP contribution in [0.1, 0.15) is 47.4 Å². The monoisotopic (exact) mass is 427 g/mol. The maximum Gasteiger partial charge on any atom is 0.269 e. The van der Waals surface area contributed by atoms with Crippen LogP contribution in [-0.4, -0.2) is 35.5 Å². The van der Waals surface area contributed by atoms with E-state index in [-0.39, 0.29) is 11.8 Å². The molecule has 0 spiro atoms. The van der Waals surface area contributed by atoms with Gasteiger partial charge in [0.1, 0.15) is 5.69 Å². The number of hydrogen-bond acceptors (Lipinski definition) is 4. The lowest BCUT2D eigenvalue weighted by Gasteiger charge is -2.10. The Bertz CT molecular complexity index is 829. The minimum Gasteiger partial charge on any atom is -0.363 e. The number of aromatic nitrogens is 1. The molecule has 1 aromatic carbocycles. The largest absolute Gasteiger partial charge is 0.363 e. The van der Waals surface area contributed by atoms with Crippen LogP contribution in [0.2, 0.25) is 0 Å². The Labute approximate surface area is 183 Å². The van der Waals surface area contributed by atoms with Crippen LogP contribution in [0.5, 0.6) is 0 Å². The van der Waals surface area contributed by atoms with Gasteiger partial charge in [-0.05, 0) is 42.8 Å². The van der Waals surface area contributed by atoms with Crippen LogP contribution < -0.4 is 21.3 Å². The first-order valence-electron chi connectivity index (χ1n) is 10.1. The lowest BCUT2D eigenvalue weighted by Crippen LogP contribution is -2.35. The molecule has 0 aliphatic heterocycles. The summed E-state index contributed by atoms with van der Waals surface area (Å²) in [5.74, 6) is -0.137. The summed E-state index contributed by atoms with van der Waals surface area (Å²) < 4.78 is 0. The number of amides is 2. The summed E-state index contributed by atoms with van der Waals surface area (Å²) in [5.41, 5.74) is 2.22. The fraction of sp³-hybridized carbons (Fsp3) is 0.364. The number of carbonyl (C=O) groups excluding carboxylic acids is 2. The molecule has 2 aromatic rings. The summed E-state index contributed by atoms with van der Waals surface area (Å²) in [6.07, 6.45) is 3.25. The van der Waals surface area contributed by atoms with Crippen molar-refractivity contribution in [2.45, 2.75) is 38.8 Å². The summed E-state index contributed by atoms with van der Waals surface area (Å²) in [7, 11) is 1.57. The van der Waals surface area contributed by atoms with Crippen LogP contribution in [0.4, 0.5) is 0 Å². The van der Waals surface area contributed by atoms with Crippen LogP contribution in [-0.2, 0) is 17.9 Å². The lowest BCUT2D eigenvalue weighted by atomic mass is 10.2. The van der Waals surface area contributed by atoms with Crippen molar-refractivity contribution in [1.29, 1.82) is 0 Å². The molecule has 0 radical (unpaired) electrons. The summed E-state index contributed by atoms with van der Waals surface area (Å²) in [5, 5.41) is 12.3. The van der Waals surface area contributed by atoms with Crippen molar-refractivity contribution in [3.63, 3.8) is 0 Å². The van der Waals surface area contributed by atoms with Gasteiger partial charge in [0.2, 0.25) is 5.91 Å². The third-order valence-corrected chi connectivity index (χ3v) is 4.68. The molecule has 0 bridgehead atoms. The van der Waals surface area contributed by atoms with Crippen molar-refractivity contribution in [3.05, 3.63) is 65.5 Å². The quantitative estimate of drug-likeness (QED) is 0.325. The topological polar surface area (TPSA) is 95.2 Å². The minimum absolute atomic E-state index is 0.0792. The van der Waals surface area contributed by atoms with E-state index in [1.165, 1.54) is 0 Å². The Kier molecular flexibility index (Phi) is 10.3. The Hall–Kier alpha value is -3.00. The first-order chi connectivity index (χ1) is 14.6. The molecule has 0 aliphatic rings. The molecule has 1 aromatic heterocycles. The third-order valence-electron chi connectivity index (χ3n) is 4.40. The second-order valence-electron chi connectivity index (χ2n) is 6.78. The molecule has 4 N–H and O–H groups in total. The number of nitrogens with zero attached hydrogens (tertiary/aromatic N) is 1. The van der Waals surface area contributed by atoms with Crippen molar-refractivity contribution >= 4 is 29.1 Å². The molecular weight excluding hydrogens is 398 g/mol. The van der Waals surface area contributed by atoms with E-state index >= 15 is 0 Å². The van der Waals surface area contributed by atoms with Crippen LogP contribution in [0, 0.1) is 0 Å². The van der Waals surface area contributed by atoms with Gasteiger partial charge in [0.25, 0.3) is 5.91 Å². The number of pyridine rings is 1. The maximum atomic E-state index is 11.9. The summed E-state index contributed by atoms with van der Waals surface area (Å²) in [6.45, 7) is 1.75. The molecule has 0 fully saturated rings. The second-order valence-corrected chi connectivity index (χ2v) is 7.18. The van der Waals surface area contributed by atoms with Crippen LogP contribution in [0.3, 0.4) is 0 Å². The van der Waals surface area contributed by atoms with Gasteiger partial charge >= 0.3 is 0 Å². The maximum absolute atomic E-state index is 11.9. The highest BCUT2D eigenvalue weighted by Gasteiger charge is 2.06. The summed E-state index contributed by atoms with van der Waals surface area (Å²) in [4.78, 5) is 27.8. The van der Waals surface area contributed by atoms with Crippen molar-refractivity contribution in [3.8, 4) is 0 Å². The minimum atomic E-state index is -0.216. The van der Waals surface area contributed by atoms with Crippen LogP contribution >= 0.6 is 12.2 Å². The Morgan fingerprint density at radius 2 is 1.70 bits per heavy atom. The average Bonchev–Trinajstić information content (AvgIpc) is 2.79. The van der Waals surface area contributed by atoms with Crippen molar-refractivity contribution in [1.82, 2.24) is 26.3 Å². The zero-order chi connectivity index (χ0) is 21.6. The van der Waals surface area contributed by atoms with E-state index in [1.807, 2.05) is 36.4 Å². The van der Waals surface area contributed by atoms with Crippen molar-refractivity contribution in [2.75, 3.05) is 13.6 Å². The van der Waals surface area contributed by atoms with Gasteiger partial charge < -0.3 is 21.3 Å². The lowest BCUT2D eigenvalue weighted by molar-refractivity contribution is -0.121. The van der Waals surface area contributed by atoms with Crippen molar-refractivity contribution < 1.29 is 9.59 Å². The number of thiocarbonyl (C=S) groups is 1. The Morgan fingerprint density at radius 1 is 0.900 bits per heavy atom. The van der Waals surface area contributed by atoms with Gasteiger partial charge in [0, 0.05) is 26.6 Å². The van der Waals surface area contributed by atoms with E-state index in [2.05, 4.69) is 26.3 Å². The predicted molar refractivity (Wildman–Crippen MR) is 122 cm³/mol. The molecule has 30 heavy (non-hydrogen) atoms. The number of unbranched alkanes of at least 4 members (excludes halogenated alkanes) is 2. The molecule has 0 atom stereocenters. The van der Waals surface area contributed by atoms with Gasteiger partial charge in [-0.3, -0.25) is 9.59 Å². The molecule has 0 unspecified atom stereocenters. The van der Waals surface area contributed by atoms with Gasteiger partial charge in [-0.15, -0.1) is 0 Å². The predicted octanol–water partition coefficient (Wildman–Crippen LogP) is 2.28. The number of rotatable bonds is 11. The standard InChI is InChI=1S/C22H29N5O2S/c1-23-21(29)19-12-8-11-18(27-19)16-26-22(30)24-14-7-3-6-13-20(28)25-15-17-9-4-2-5-10-17/h2,4-5,8-12H,3,6-7,13-16H2,1H3,(H,23,29)(H,25,28)(H2,24,26,30). The van der Waals surface area contributed by atoms with E-state index in [1.54, 1.807) is 19.2 Å². The van der Waals surface area contributed by atoms with Gasteiger partial charge in [-0.2, -0.15) is 0 Å². The molecular formula is C22H29N5O2S. The van der Waals surface area contributed by atoms with Crippen LogP contribution in [0.15, 0.2) is 48.5 Å². The Balaban J connectivity index is 1.52. The zero-order valence-electron chi connectivity index (χ0n) is 17.2. The molecule has 2 rings (SSSR count). The first kappa shape index (κ1) is 23.3. The normalized spacial score (nSPS) is 10.2. The van der Waals surface area contributed by atoms with E-state index in [4.69, 9.17) is 12.2 Å². The fourth-order valence-electron chi connectivity index (χ4n) is 2.74. The SMILES string of the molecule is CNC(=O)c1cccc(CNC(=S)NCCCCCC(=O)NCc2ccccc2)n1. The Morgan fingerprint density at radius 3 is 2.47 bits per heavy atom. The number of carbonyl (C=O) groups is 2. The van der Waals surface area contributed by atoms with Crippen LogP contribution in [0.25, 0.3) is 0 Å². The number of benzene rings is 1. The molecule has 1 heterocycles. The fourth-order valence-corrected chi connectivity index (χ4v) is 2.91. The van der Waals surface area contributed by atoms with E-state index in [9.17, 15) is 9.59 Å².